The molecule has 3 aromatic rings. The van der Waals surface area contributed by atoms with E-state index in [1.807, 2.05) is 24.3 Å². The van der Waals surface area contributed by atoms with Crippen LogP contribution in [0.1, 0.15) is 27.2 Å². The van der Waals surface area contributed by atoms with Crippen molar-refractivity contribution in [1.82, 2.24) is 4.57 Å². The van der Waals surface area contributed by atoms with E-state index in [1.54, 1.807) is 4.57 Å². The summed E-state index contributed by atoms with van der Waals surface area (Å²) in [7, 11) is 2.63. The number of nitrogens with zero attached hydrogens (tertiary/aromatic N) is 2. The lowest BCUT2D eigenvalue weighted by Gasteiger charge is -2.06. The Balaban J connectivity index is 1.40. The van der Waals surface area contributed by atoms with Gasteiger partial charge in [-0.2, -0.15) is 4.99 Å². The Kier molecular flexibility index (Phi) is 8.04. The Morgan fingerprint density at radius 2 is 1.89 bits per heavy atom. The minimum Gasteiger partial charge on any atom is -0.468 e. The summed E-state index contributed by atoms with van der Waals surface area (Å²) in [5.41, 5.74) is 2.18. The molecule has 0 bridgehead atoms. The number of thioether (sulfide) groups is 1. The number of amides is 2. The third kappa shape index (κ3) is 5.65. The first-order valence-electron chi connectivity index (χ1n) is 10.7. The van der Waals surface area contributed by atoms with Crippen LogP contribution >= 0.6 is 34.4 Å². The Bertz CT molecular complexity index is 1370. The van der Waals surface area contributed by atoms with Gasteiger partial charge in [0.1, 0.15) is 11.5 Å². The molecule has 0 radical (unpaired) electrons. The van der Waals surface area contributed by atoms with Crippen LogP contribution in [0.4, 0.5) is 5.00 Å². The average Bonchev–Trinajstić information content (AvgIpc) is 3.52. The van der Waals surface area contributed by atoms with Crippen LogP contribution in [0.25, 0.3) is 10.2 Å². The summed E-state index contributed by atoms with van der Waals surface area (Å²) in [6, 6.07) is 7.45. The maximum absolute atomic E-state index is 12.5. The average molecular weight is 534 g/mol. The van der Waals surface area contributed by atoms with E-state index in [9.17, 15) is 19.2 Å². The number of carbonyl (C=O) groups is 4. The lowest BCUT2D eigenvalue weighted by molar-refractivity contribution is -0.141. The highest BCUT2D eigenvalue weighted by molar-refractivity contribution is 8.00. The molecular weight excluding hydrogens is 510 g/mol. The van der Waals surface area contributed by atoms with Gasteiger partial charge in [-0.3, -0.25) is 14.4 Å². The van der Waals surface area contributed by atoms with Gasteiger partial charge in [-0.15, -0.1) is 23.1 Å². The number of thiazole rings is 1. The predicted octanol–water partition coefficient (Wildman–Crippen LogP) is 3.01. The number of ether oxygens (including phenoxy) is 2. The van der Waals surface area contributed by atoms with Crippen LogP contribution < -0.4 is 10.1 Å². The largest absolute Gasteiger partial charge is 0.468 e. The summed E-state index contributed by atoms with van der Waals surface area (Å²) in [4.78, 5) is 54.8. The zero-order valence-corrected chi connectivity index (χ0v) is 21.6. The van der Waals surface area contributed by atoms with E-state index in [0.717, 1.165) is 51.7 Å². The number of para-hydroxylation sites is 1. The van der Waals surface area contributed by atoms with E-state index in [-0.39, 0.29) is 24.0 Å². The van der Waals surface area contributed by atoms with E-state index in [2.05, 4.69) is 10.3 Å². The van der Waals surface area contributed by atoms with Crippen LogP contribution in [0.2, 0.25) is 0 Å². The molecule has 184 valence electrons. The van der Waals surface area contributed by atoms with Gasteiger partial charge < -0.3 is 19.4 Å². The number of thiophene rings is 1. The maximum atomic E-state index is 12.5. The molecule has 2 heterocycles. The maximum Gasteiger partial charge on any atom is 0.341 e. The Morgan fingerprint density at radius 3 is 2.66 bits per heavy atom. The topological polar surface area (TPSA) is 116 Å². The van der Waals surface area contributed by atoms with Crippen LogP contribution in [-0.2, 0) is 43.2 Å². The predicted molar refractivity (Wildman–Crippen MR) is 136 cm³/mol. The highest BCUT2D eigenvalue weighted by atomic mass is 32.2. The van der Waals surface area contributed by atoms with Crippen molar-refractivity contribution >= 4 is 73.4 Å². The molecule has 1 N–H and O–H groups in total. The first-order valence-corrected chi connectivity index (χ1v) is 13.5. The van der Waals surface area contributed by atoms with Gasteiger partial charge in [0.2, 0.25) is 5.91 Å². The molecule has 4 rings (SSSR count). The van der Waals surface area contributed by atoms with Gasteiger partial charge in [0.05, 0.1) is 41.5 Å². The van der Waals surface area contributed by atoms with Gasteiger partial charge in [-0.05, 0) is 37.0 Å². The van der Waals surface area contributed by atoms with Gasteiger partial charge in [0.15, 0.2) is 4.80 Å². The van der Waals surface area contributed by atoms with Crippen molar-refractivity contribution in [2.45, 2.75) is 25.8 Å². The second-order valence-electron chi connectivity index (χ2n) is 7.61. The number of hydrogen-bond donors (Lipinski definition) is 1. The van der Waals surface area contributed by atoms with E-state index in [0.29, 0.717) is 15.4 Å². The quantitative estimate of drug-likeness (QED) is 0.443. The number of esters is 2. The van der Waals surface area contributed by atoms with E-state index >= 15 is 0 Å². The minimum absolute atomic E-state index is 0.00924. The molecule has 0 aliphatic heterocycles. The Labute approximate surface area is 213 Å². The van der Waals surface area contributed by atoms with Gasteiger partial charge in [0, 0.05) is 4.88 Å². The van der Waals surface area contributed by atoms with Crippen molar-refractivity contribution in [2.24, 2.45) is 4.99 Å². The van der Waals surface area contributed by atoms with Crippen molar-refractivity contribution in [3.63, 3.8) is 0 Å². The van der Waals surface area contributed by atoms with Gasteiger partial charge in [0.25, 0.3) is 5.91 Å². The molecule has 2 amide bonds. The number of aromatic nitrogens is 1. The van der Waals surface area contributed by atoms with Crippen molar-refractivity contribution in [3.8, 4) is 0 Å². The molecule has 0 unspecified atom stereocenters. The smallest absolute Gasteiger partial charge is 0.341 e. The van der Waals surface area contributed by atoms with Crippen LogP contribution in [0.3, 0.4) is 0 Å². The summed E-state index contributed by atoms with van der Waals surface area (Å²) in [6.45, 7) is -0.0600. The zero-order chi connectivity index (χ0) is 24.9. The van der Waals surface area contributed by atoms with Crippen LogP contribution in [-0.4, -0.2) is 54.0 Å². The third-order valence-electron chi connectivity index (χ3n) is 5.35. The fourth-order valence-electron chi connectivity index (χ4n) is 3.80. The van der Waals surface area contributed by atoms with Crippen molar-refractivity contribution in [2.75, 3.05) is 31.0 Å². The highest BCUT2D eigenvalue weighted by Crippen LogP contribution is 2.39. The molecule has 0 saturated heterocycles. The van der Waals surface area contributed by atoms with Gasteiger partial charge in [-0.1, -0.05) is 23.5 Å². The molecule has 1 aromatic carbocycles. The summed E-state index contributed by atoms with van der Waals surface area (Å²) < 4.78 is 12.2. The van der Waals surface area contributed by atoms with Crippen LogP contribution in [0, 0.1) is 0 Å². The fourth-order valence-corrected chi connectivity index (χ4v) is 6.73. The summed E-state index contributed by atoms with van der Waals surface area (Å²) in [5, 5.41) is 3.29. The molecule has 0 spiro atoms. The number of rotatable bonds is 8. The second kappa shape index (κ2) is 11.2. The number of benzene rings is 1. The molecule has 2 aromatic heterocycles. The molecule has 9 nitrogen and oxygen atoms in total. The molecule has 0 atom stereocenters. The number of nitrogens with one attached hydrogen (secondary N) is 1. The van der Waals surface area contributed by atoms with Crippen molar-refractivity contribution in [1.29, 1.82) is 0 Å². The minimum atomic E-state index is -0.454. The summed E-state index contributed by atoms with van der Waals surface area (Å²) in [6.07, 6.45) is 2.67. The number of carbonyl (C=O) groups excluding carboxylic acids is 4. The number of hydrogen-bond acceptors (Lipinski definition) is 9. The van der Waals surface area contributed by atoms with E-state index in [1.165, 1.54) is 36.9 Å². The second-order valence-corrected chi connectivity index (χ2v) is 10.7. The molecule has 12 heteroatoms. The van der Waals surface area contributed by atoms with E-state index in [4.69, 9.17) is 9.47 Å². The number of methoxy groups -OCH3 is 2. The van der Waals surface area contributed by atoms with Crippen molar-refractivity contribution in [3.05, 3.63) is 45.1 Å². The van der Waals surface area contributed by atoms with E-state index < -0.39 is 17.8 Å². The SMILES string of the molecule is COC(=O)Cn1c(=NC(=O)CSCC(=O)Nc2sc3c(c2C(=O)OC)CCC3)sc2ccccc21. The van der Waals surface area contributed by atoms with Crippen LogP contribution in [0.15, 0.2) is 29.3 Å². The standard InChI is InChI=1S/C23H23N3O6S3/c1-31-19(29)10-26-14-7-3-4-8-16(14)35-23(26)25-18(28)12-33-11-17(27)24-21-20(22(30)32-2)13-6-5-9-15(13)34-21/h3-4,7-8H,5-6,9-12H2,1-2H3,(H,24,27). The first kappa shape index (κ1) is 25.1. The third-order valence-corrected chi connectivity index (χ3v) is 8.53. The Morgan fingerprint density at radius 1 is 1.09 bits per heavy atom. The Hall–Kier alpha value is -2.96. The number of aryl methyl sites for hydroxylation is 1. The summed E-state index contributed by atoms with van der Waals surface area (Å²) in [5.74, 6) is -1.61. The molecule has 1 aliphatic rings. The molecule has 35 heavy (non-hydrogen) atoms. The summed E-state index contributed by atoms with van der Waals surface area (Å²) >= 11 is 3.83. The molecule has 1 aliphatic carbocycles. The first-order chi connectivity index (χ1) is 16.9. The normalized spacial score (nSPS) is 13.0. The van der Waals surface area contributed by atoms with Crippen LogP contribution in [0.5, 0.6) is 0 Å². The monoisotopic (exact) mass is 533 g/mol. The van der Waals surface area contributed by atoms with Crippen molar-refractivity contribution < 1.29 is 28.7 Å². The number of fused-ring (bicyclic) bond motifs is 2. The lowest BCUT2D eigenvalue weighted by Crippen LogP contribution is -2.23. The van der Waals surface area contributed by atoms with Gasteiger partial charge in [-0.25, -0.2) is 4.79 Å². The number of anilines is 1. The zero-order valence-electron chi connectivity index (χ0n) is 19.1. The fraction of sp³-hybridized carbons (Fsp3) is 0.348. The highest BCUT2D eigenvalue weighted by Gasteiger charge is 2.28. The molecular formula is C23H23N3O6S3. The lowest BCUT2D eigenvalue weighted by atomic mass is 10.1. The molecule has 0 saturated carbocycles. The van der Waals surface area contributed by atoms with Gasteiger partial charge >= 0.3 is 11.9 Å². The molecule has 0 fully saturated rings.